The second-order valence-corrected chi connectivity index (χ2v) is 7.17. The summed E-state index contributed by atoms with van der Waals surface area (Å²) in [5, 5.41) is 2.84. The quantitative estimate of drug-likeness (QED) is 0.287. The Bertz CT molecular complexity index is 254. The molecule has 1 amide bonds. The summed E-state index contributed by atoms with van der Waals surface area (Å²) in [6, 6.07) is 0.0267. The van der Waals surface area contributed by atoms with Crippen LogP contribution in [0.25, 0.3) is 0 Å². The minimum absolute atomic E-state index is 0. The first-order valence-electron chi connectivity index (χ1n) is 10.3. The third kappa shape index (κ3) is 21.4. The van der Waals surface area contributed by atoms with Gasteiger partial charge in [-0.15, -0.1) is 0 Å². The van der Waals surface area contributed by atoms with E-state index in [1.165, 1.54) is 89.9 Å². The first kappa shape index (κ1) is 25.7. The van der Waals surface area contributed by atoms with E-state index in [2.05, 4.69) is 19.2 Å². The van der Waals surface area contributed by atoms with Crippen LogP contribution in [0.15, 0.2) is 0 Å². The van der Waals surface area contributed by atoms with Crippen LogP contribution in [0.5, 0.6) is 0 Å². The van der Waals surface area contributed by atoms with Crippen molar-refractivity contribution in [3.05, 3.63) is 6.92 Å². The molecule has 0 aromatic carbocycles. The van der Waals surface area contributed by atoms with Crippen LogP contribution in [-0.4, -0.2) is 11.9 Å². The van der Waals surface area contributed by atoms with E-state index in [0.717, 1.165) is 6.42 Å². The Kier molecular flexibility index (Phi) is 21.9. The van der Waals surface area contributed by atoms with Gasteiger partial charge in [-0.2, -0.15) is 0 Å². The van der Waals surface area contributed by atoms with Gasteiger partial charge < -0.3 is 11.5 Å². The van der Waals surface area contributed by atoms with Gasteiger partial charge >= 0.3 is 0 Å². The molecule has 0 heterocycles. The molecule has 1 unspecified atom stereocenters. The molecule has 3 heteroatoms. The van der Waals surface area contributed by atoms with E-state index in [1.54, 1.807) is 0 Å². The zero-order valence-electron chi connectivity index (χ0n) is 16.7. The number of unbranched alkanes of at least 4 members (excludes halogenated alkanes) is 14. The highest BCUT2D eigenvalue weighted by atomic mass is 16.1. The summed E-state index contributed by atoms with van der Waals surface area (Å²) >= 11 is 0. The monoisotopic (exact) mass is 341 g/mol. The summed E-state index contributed by atoms with van der Waals surface area (Å²) in [4.78, 5) is 11.4. The Morgan fingerprint density at radius 1 is 0.750 bits per heavy atom. The molecular formula is C21H45N2O. The van der Waals surface area contributed by atoms with Crippen LogP contribution in [0.2, 0.25) is 0 Å². The van der Waals surface area contributed by atoms with Crippen LogP contribution in [0.1, 0.15) is 117 Å². The van der Waals surface area contributed by atoms with Gasteiger partial charge in [0, 0.05) is 12.5 Å². The largest absolute Gasteiger partial charge is 0.354 e. The molecule has 0 saturated carbocycles. The summed E-state index contributed by atoms with van der Waals surface area (Å²) in [5.41, 5.74) is 0. The molecule has 0 aliphatic carbocycles. The highest BCUT2D eigenvalue weighted by molar-refractivity contribution is 5.76. The fraction of sp³-hybridized carbons (Fsp3) is 0.905. The second-order valence-electron chi connectivity index (χ2n) is 7.17. The van der Waals surface area contributed by atoms with Gasteiger partial charge in [-0.1, -0.05) is 96.8 Å². The van der Waals surface area contributed by atoms with Crippen molar-refractivity contribution in [1.82, 2.24) is 11.5 Å². The van der Waals surface area contributed by atoms with Gasteiger partial charge in [0.1, 0.15) is 0 Å². The normalized spacial score (nSPS) is 10.7. The van der Waals surface area contributed by atoms with Crippen molar-refractivity contribution in [2.45, 2.75) is 123 Å². The highest BCUT2D eigenvalue weighted by Gasteiger charge is 2.02. The Morgan fingerprint density at radius 3 is 1.42 bits per heavy atom. The fourth-order valence-electron chi connectivity index (χ4n) is 3.00. The average Bonchev–Trinajstić information content (AvgIpc) is 2.50. The molecular weight excluding hydrogens is 296 g/mol. The smallest absolute Gasteiger partial charge is 0.220 e. The second kappa shape index (κ2) is 20.5. The van der Waals surface area contributed by atoms with E-state index < -0.39 is 0 Å². The molecule has 4 N–H and O–H groups in total. The summed E-state index contributed by atoms with van der Waals surface area (Å²) in [6.45, 7) is 7.95. The first-order valence-corrected chi connectivity index (χ1v) is 10.3. The maximum atomic E-state index is 11.4. The molecule has 145 valence electrons. The van der Waals surface area contributed by atoms with Gasteiger partial charge in [0.2, 0.25) is 5.91 Å². The van der Waals surface area contributed by atoms with Crippen LogP contribution < -0.4 is 11.5 Å². The molecule has 0 fully saturated rings. The van der Waals surface area contributed by atoms with E-state index >= 15 is 0 Å². The lowest BCUT2D eigenvalue weighted by Gasteiger charge is -2.07. The average molecular weight is 342 g/mol. The third-order valence-electron chi connectivity index (χ3n) is 4.41. The number of amides is 1. The molecule has 24 heavy (non-hydrogen) atoms. The van der Waals surface area contributed by atoms with Crippen LogP contribution in [0, 0.1) is 6.92 Å². The number of rotatable bonds is 17. The summed E-state index contributed by atoms with van der Waals surface area (Å²) in [7, 11) is 0. The number of carbonyl (C=O) groups is 1. The van der Waals surface area contributed by atoms with Crippen LogP contribution in [-0.2, 0) is 4.79 Å². The fourth-order valence-corrected chi connectivity index (χ4v) is 3.00. The number of carbonyl (C=O) groups excluding carboxylic acids is 1. The molecule has 0 aromatic heterocycles. The number of hydrogen-bond donors (Lipinski definition) is 2. The predicted octanol–water partition coefficient (Wildman–Crippen LogP) is 6.75. The summed E-state index contributed by atoms with van der Waals surface area (Å²) in [5.74, 6) is 0.155. The first-order chi connectivity index (χ1) is 11.2. The topological polar surface area (TPSA) is 64.1 Å². The van der Waals surface area contributed by atoms with E-state index in [-0.39, 0.29) is 18.1 Å². The van der Waals surface area contributed by atoms with Crippen molar-refractivity contribution >= 4 is 5.91 Å². The Hall–Kier alpha value is -0.570. The minimum Gasteiger partial charge on any atom is -0.354 e. The van der Waals surface area contributed by atoms with Gasteiger partial charge in [-0.05, 0) is 20.3 Å². The zero-order chi connectivity index (χ0) is 17.2. The molecule has 0 aliphatic rings. The number of hydrogen-bond acceptors (Lipinski definition) is 2. The lowest BCUT2D eigenvalue weighted by Crippen LogP contribution is -2.29. The molecule has 0 spiro atoms. The molecule has 0 rings (SSSR count). The molecule has 0 aromatic rings. The minimum atomic E-state index is 0. The van der Waals surface area contributed by atoms with Crippen LogP contribution >= 0.6 is 0 Å². The van der Waals surface area contributed by atoms with Crippen molar-refractivity contribution in [3.8, 4) is 0 Å². The maximum Gasteiger partial charge on any atom is 0.220 e. The molecule has 1 atom stereocenters. The molecule has 0 bridgehead atoms. The number of nitrogens with one attached hydrogen (secondary N) is 1. The van der Waals surface area contributed by atoms with Crippen molar-refractivity contribution in [1.29, 1.82) is 0 Å². The third-order valence-corrected chi connectivity index (χ3v) is 4.41. The Morgan fingerprint density at radius 2 is 1.08 bits per heavy atom. The summed E-state index contributed by atoms with van der Waals surface area (Å²) in [6.07, 6.45) is 21.1. The van der Waals surface area contributed by atoms with Crippen molar-refractivity contribution in [2.75, 3.05) is 0 Å². The lowest BCUT2D eigenvalue weighted by molar-refractivity contribution is -0.121. The standard InChI is InChI=1S/C21H42NO.H3N/c1-4-5-6-7-8-9-10-11-12-13-14-15-16-17-18-19-21(23)22-20(2)3;/h20H,2,4-19H2,1,3H3,(H,22,23);1H3. The van der Waals surface area contributed by atoms with E-state index in [4.69, 9.17) is 0 Å². The summed E-state index contributed by atoms with van der Waals surface area (Å²) < 4.78 is 0. The van der Waals surface area contributed by atoms with E-state index in [0.29, 0.717) is 6.42 Å². The van der Waals surface area contributed by atoms with Crippen molar-refractivity contribution in [2.24, 2.45) is 0 Å². The van der Waals surface area contributed by atoms with Crippen LogP contribution in [0.4, 0.5) is 0 Å². The van der Waals surface area contributed by atoms with E-state index in [1.807, 2.05) is 6.92 Å². The molecule has 0 saturated heterocycles. The molecule has 3 nitrogen and oxygen atoms in total. The predicted molar refractivity (Wildman–Crippen MR) is 108 cm³/mol. The van der Waals surface area contributed by atoms with Gasteiger partial charge in [-0.25, -0.2) is 0 Å². The Balaban J connectivity index is 0. The molecule has 1 radical (unpaired) electrons. The van der Waals surface area contributed by atoms with Crippen molar-refractivity contribution < 1.29 is 4.79 Å². The van der Waals surface area contributed by atoms with Gasteiger partial charge in [0.15, 0.2) is 0 Å². The van der Waals surface area contributed by atoms with Crippen molar-refractivity contribution in [3.63, 3.8) is 0 Å². The van der Waals surface area contributed by atoms with Crippen LogP contribution in [0.3, 0.4) is 0 Å². The lowest BCUT2D eigenvalue weighted by atomic mass is 10.0. The zero-order valence-corrected chi connectivity index (χ0v) is 16.7. The molecule has 0 aliphatic heterocycles. The van der Waals surface area contributed by atoms with Gasteiger partial charge in [0.25, 0.3) is 0 Å². The maximum absolute atomic E-state index is 11.4. The van der Waals surface area contributed by atoms with E-state index in [9.17, 15) is 4.79 Å². The van der Waals surface area contributed by atoms with Gasteiger partial charge in [0.05, 0.1) is 0 Å². The SMILES string of the molecule is N.[CH2]C(C)NC(=O)CCCCCCCCCCCCCCCCC. The highest BCUT2D eigenvalue weighted by Crippen LogP contribution is 2.13. The van der Waals surface area contributed by atoms with Gasteiger partial charge in [-0.3, -0.25) is 4.79 Å². The Labute approximate surface area is 152 Å².